The molecule has 0 saturated carbocycles. The van der Waals surface area contributed by atoms with Crippen LogP contribution in [0, 0.1) is 0 Å². The summed E-state index contributed by atoms with van der Waals surface area (Å²) in [6, 6.07) is 140. The van der Waals surface area contributed by atoms with Gasteiger partial charge >= 0.3 is 0 Å². The summed E-state index contributed by atoms with van der Waals surface area (Å²) in [5, 5.41) is 15.0. The molecule has 0 N–H and O–H groups in total. The first kappa shape index (κ1) is 60.8. The highest BCUT2D eigenvalue weighted by atomic mass is 32.1. The molecule has 6 aromatic heterocycles. The van der Waals surface area contributed by atoms with Crippen LogP contribution < -0.4 is 0 Å². The molecule has 17 aromatic carbocycles. The maximum atomic E-state index is 2.46. The van der Waals surface area contributed by atoms with Crippen molar-refractivity contribution in [3.63, 3.8) is 0 Å². The maximum absolute atomic E-state index is 2.46. The van der Waals surface area contributed by atoms with Crippen molar-refractivity contribution >= 4 is 150 Å². The highest BCUT2D eigenvalue weighted by Gasteiger charge is 2.22. The number of benzene rings is 17. The van der Waals surface area contributed by atoms with E-state index >= 15 is 0 Å². The zero-order chi connectivity index (χ0) is 70.7. The number of thiophene rings is 2. The van der Waals surface area contributed by atoms with Crippen LogP contribution >= 0.6 is 22.7 Å². The van der Waals surface area contributed by atoms with Crippen LogP contribution in [0.5, 0.6) is 0 Å². The Morgan fingerprint density at radius 1 is 0.130 bits per heavy atom. The van der Waals surface area contributed by atoms with E-state index in [0.717, 1.165) is 17.1 Å². The fourth-order valence-corrected chi connectivity index (χ4v) is 19.9. The molecule has 0 aliphatic rings. The fourth-order valence-electron chi connectivity index (χ4n) is 17.7. The second kappa shape index (κ2) is 24.0. The largest absolute Gasteiger partial charge is 0.309 e. The minimum Gasteiger partial charge on any atom is -0.309 e. The summed E-state index contributed by atoms with van der Waals surface area (Å²) in [7, 11) is 0. The number of para-hydroxylation sites is 4. The Morgan fingerprint density at radius 3 is 0.880 bits per heavy atom. The topological polar surface area (TPSA) is 19.7 Å². The maximum Gasteiger partial charge on any atom is 0.0541 e. The molecule has 502 valence electrons. The lowest BCUT2D eigenvalue weighted by atomic mass is 9.98. The zero-order valence-corrected chi connectivity index (χ0v) is 60.0. The van der Waals surface area contributed by atoms with Crippen molar-refractivity contribution in [1.82, 2.24) is 18.3 Å². The first-order valence-electron chi connectivity index (χ1n) is 37.0. The predicted octanol–water partition coefficient (Wildman–Crippen LogP) is 28.8. The van der Waals surface area contributed by atoms with Gasteiger partial charge in [-0.25, -0.2) is 0 Å². The predicted molar refractivity (Wildman–Crippen MR) is 462 cm³/mol. The summed E-state index contributed by atoms with van der Waals surface area (Å²) in [4.78, 5) is 0. The Kier molecular flexibility index (Phi) is 13.5. The second-order valence-corrected chi connectivity index (χ2v) is 30.9. The van der Waals surface area contributed by atoms with Crippen molar-refractivity contribution in [3.8, 4) is 89.5 Å². The summed E-state index contributed by atoms with van der Waals surface area (Å²) in [5.41, 5.74) is 28.5. The molecule has 0 bridgehead atoms. The first-order valence-corrected chi connectivity index (χ1v) is 38.6. The average Bonchev–Trinajstić information content (AvgIpc) is 1.59. The Labute approximate surface area is 629 Å². The Morgan fingerprint density at radius 2 is 0.407 bits per heavy atom. The van der Waals surface area contributed by atoms with Gasteiger partial charge in [-0.1, -0.05) is 224 Å². The van der Waals surface area contributed by atoms with E-state index in [2.05, 4.69) is 394 Å². The van der Waals surface area contributed by atoms with Crippen molar-refractivity contribution in [2.75, 3.05) is 0 Å². The van der Waals surface area contributed by atoms with E-state index in [1.165, 1.54) is 200 Å². The Hall–Kier alpha value is -13.6. The molecule has 6 heteroatoms. The van der Waals surface area contributed by atoms with Gasteiger partial charge in [-0.05, 0) is 218 Å². The molecule has 0 atom stereocenters. The molecular weight excluding hydrogens is 1350 g/mol. The number of fused-ring (bicyclic) bond motifs is 18. The van der Waals surface area contributed by atoms with E-state index < -0.39 is 0 Å². The quantitative estimate of drug-likeness (QED) is 0.130. The van der Waals surface area contributed by atoms with Gasteiger partial charge in [0.2, 0.25) is 0 Å². The summed E-state index contributed by atoms with van der Waals surface area (Å²) in [6.45, 7) is 0. The SMILES string of the molecule is c1ccc(-c2cccc(-n3c4ccccc4c4cc(-c5ccc6c(c5)c5ccccc5n6-c5ccc6c(c5)sc5cc(-c7cccc(-c8cccc(-n9c%10ccccc%10c%10cc(-c%11ccc%12c(c%11)c%11ccccc%11n%12-c%11ccc%12sc%13ccc(-c%14ccccc%14)cc%13c%12c%11)ccc%109)c8)c7)ccc56)ccc43)c2)cc1. The van der Waals surface area contributed by atoms with Crippen molar-refractivity contribution in [1.29, 1.82) is 0 Å². The van der Waals surface area contributed by atoms with Gasteiger partial charge in [-0.15, -0.1) is 22.7 Å². The van der Waals surface area contributed by atoms with Gasteiger partial charge in [-0.3, -0.25) is 0 Å². The van der Waals surface area contributed by atoms with Crippen LogP contribution in [0.25, 0.3) is 217 Å². The van der Waals surface area contributed by atoms with Crippen LogP contribution in [-0.4, -0.2) is 18.3 Å². The van der Waals surface area contributed by atoms with Crippen LogP contribution in [0.2, 0.25) is 0 Å². The molecule has 0 spiro atoms. The van der Waals surface area contributed by atoms with E-state index in [4.69, 9.17) is 0 Å². The van der Waals surface area contributed by atoms with Gasteiger partial charge in [0, 0.05) is 106 Å². The molecule has 0 saturated heterocycles. The molecule has 0 aliphatic heterocycles. The van der Waals surface area contributed by atoms with Crippen molar-refractivity contribution < 1.29 is 0 Å². The molecular formula is C102H62N4S2. The van der Waals surface area contributed by atoms with Crippen LogP contribution in [-0.2, 0) is 0 Å². The van der Waals surface area contributed by atoms with Gasteiger partial charge in [0.1, 0.15) is 0 Å². The summed E-state index contributed by atoms with van der Waals surface area (Å²) in [6.07, 6.45) is 0. The van der Waals surface area contributed by atoms with Crippen molar-refractivity contribution in [2.24, 2.45) is 0 Å². The van der Waals surface area contributed by atoms with Gasteiger partial charge in [0.05, 0.1) is 44.1 Å². The molecule has 4 nitrogen and oxygen atoms in total. The smallest absolute Gasteiger partial charge is 0.0541 e. The standard InChI is InChI=1S/C102H62N4S2/c1-3-18-63(19-4-1)67-24-16-26-75(53-67)103-91-32-11-7-28-79(91)85-55-71(37-46-95(85)103)73-40-49-98-88(58-73)82-31-10-14-35-94(82)106(98)78-42-45-84-83-44-36-74(60-101(83)108-102(84)62-78)66-23-15-22-65(52-66)68-25-17-27-76(54-68)104-92-33-12-8-29-80(92)86-56-70(38-47-96(86)104)72-39-48-97-87(57-72)81-30-9-13-34-93(81)105(97)77-43-51-100-90(61-77)89-59-69(41-50-99(89)107-100)64-20-5-2-6-21-64/h1-62H. The monoisotopic (exact) mass is 1410 g/mol. The Balaban J connectivity index is 0.547. The normalized spacial score (nSPS) is 12.1. The Bertz CT molecular complexity index is 7680. The molecule has 23 aromatic rings. The van der Waals surface area contributed by atoms with E-state index in [0.29, 0.717) is 0 Å². The minimum atomic E-state index is 1.13. The number of nitrogens with zero attached hydrogens (tertiary/aromatic N) is 4. The lowest BCUT2D eigenvalue weighted by molar-refractivity contribution is 1.18. The van der Waals surface area contributed by atoms with Gasteiger partial charge in [-0.2, -0.15) is 0 Å². The van der Waals surface area contributed by atoms with E-state index in [-0.39, 0.29) is 0 Å². The lowest BCUT2D eigenvalue weighted by Gasteiger charge is -2.12. The number of hydrogen-bond donors (Lipinski definition) is 0. The molecule has 0 amide bonds. The number of aromatic nitrogens is 4. The first-order chi connectivity index (χ1) is 53.5. The number of hydrogen-bond acceptors (Lipinski definition) is 2. The molecule has 0 fully saturated rings. The third kappa shape index (κ3) is 9.54. The number of rotatable bonds is 10. The van der Waals surface area contributed by atoms with Crippen LogP contribution in [0.1, 0.15) is 0 Å². The van der Waals surface area contributed by atoms with Crippen LogP contribution in [0.3, 0.4) is 0 Å². The molecule has 0 aliphatic carbocycles. The lowest BCUT2D eigenvalue weighted by Crippen LogP contribution is -1.94. The highest BCUT2D eigenvalue weighted by Crippen LogP contribution is 2.46. The van der Waals surface area contributed by atoms with Crippen LogP contribution in [0.15, 0.2) is 376 Å². The summed E-state index contributed by atoms with van der Waals surface area (Å²) < 4.78 is 14.9. The molecule has 0 unspecified atom stereocenters. The second-order valence-electron chi connectivity index (χ2n) is 28.7. The third-order valence-corrected chi connectivity index (χ3v) is 25.0. The third-order valence-electron chi connectivity index (χ3n) is 22.7. The molecule has 108 heavy (non-hydrogen) atoms. The van der Waals surface area contributed by atoms with Gasteiger partial charge in [0.15, 0.2) is 0 Å². The van der Waals surface area contributed by atoms with E-state index in [9.17, 15) is 0 Å². The summed E-state index contributed by atoms with van der Waals surface area (Å²) in [5.74, 6) is 0. The van der Waals surface area contributed by atoms with E-state index in [1.807, 2.05) is 22.7 Å². The summed E-state index contributed by atoms with van der Waals surface area (Å²) >= 11 is 3.75. The fraction of sp³-hybridized carbons (Fsp3) is 0. The van der Waals surface area contributed by atoms with Crippen molar-refractivity contribution in [3.05, 3.63) is 376 Å². The molecule has 23 rings (SSSR count). The zero-order valence-electron chi connectivity index (χ0n) is 58.4. The highest BCUT2D eigenvalue weighted by molar-refractivity contribution is 7.26. The van der Waals surface area contributed by atoms with Gasteiger partial charge in [0.25, 0.3) is 0 Å². The van der Waals surface area contributed by atoms with Crippen LogP contribution in [0.4, 0.5) is 0 Å². The van der Waals surface area contributed by atoms with Gasteiger partial charge < -0.3 is 18.3 Å². The minimum absolute atomic E-state index is 1.13. The average molecular weight is 1410 g/mol. The van der Waals surface area contributed by atoms with E-state index in [1.54, 1.807) is 0 Å². The molecule has 6 heterocycles. The molecule has 0 radical (unpaired) electrons. The van der Waals surface area contributed by atoms with Crippen molar-refractivity contribution in [2.45, 2.75) is 0 Å².